The Bertz CT molecular complexity index is 765. The fourth-order valence-corrected chi connectivity index (χ4v) is 2.40. The minimum absolute atomic E-state index is 0.189. The molecule has 0 aliphatic rings. The van der Waals surface area contributed by atoms with Gasteiger partial charge in [0.25, 0.3) is 0 Å². The van der Waals surface area contributed by atoms with Crippen molar-refractivity contribution in [3.63, 3.8) is 0 Å². The molecule has 0 radical (unpaired) electrons. The smallest absolute Gasteiger partial charge is 0.328 e. The fourth-order valence-electron chi connectivity index (χ4n) is 2.27. The number of carbonyl (C=O) groups is 2. The zero-order chi connectivity index (χ0) is 18.4. The number of ether oxygens (including phenoxy) is 1. The van der Waals surface area contributed by atoms with Crippen molar-refractivity contribution in [2.24, 2.45) is 0 Å². The van der Waals surface area contributed by atoms with Gasteiger partial charge in [-0.1, -0.05) is 29.8 Å². The van der Waals surface area contributed by atoms with Crippen LogP contribution in [0.2, 0.25) is 5.02 Å². The first kappa shape index (κ1) is 18.9. The zero-order valence-electron chi connectivity index (χ0n) is 13.4. The number of hydrogen-bond acceptors (Lipinski definition) is 3. The number of nitrogens with one attached hydrogen (secondary N) is 1. The summed E-state index contributed by atoms with van der Waals surface area (Å²) in [5.41, 5.74) is 1.08. The van der Waals surface area contributed by atoms with Crippen LogP contribution in [0.4, 0.5) is 8.78 Å². The number of rotatable bonds is 6. The minimum Gasteiger partial charge on any atom is -0.467 e. The van der Waals surface area contributed by atoms with E-state index in [0.717, 1.165) is 17.7 Å². The van der Waals surface area contributed by atoms with Gasteiger partial charge in [-0.3, -0.25) is 4.79 Å². The van der Waals surface area contributed by atoms with Crippen LogP contribution in [0.1, 0.15) is 11.1 Å². The quantitative estimate of drug-likeness (QED) is 0.798. The summed E-state index contributed by atoms with van der Waals surface area (Å²) in [7, 11) is 1.22. The molecule has 25 heavy (non-hydrogen) atoms. The monoisotopic (exact) mass is 367 g/mol. The predicted molar refractivity (Wildman–Crippen MR) is 89.2 cm³/mol. The summed E-state index contributed by atoms with van der Waals surface area (Å²) in [6.07, 6.45) is 0.0265. The Morgan fingerprint density at radius 2 is 1.72 bits per heavy atom. The molecule has 1 N–H and O–H groups in total. The topological polar surface area (TPSA) is 55.4 Å². The number of amides is 1. The number of halogens is 3. The summed E-state index contributed by atoms with van der Waals surface area (Å²) in [5, 5.41) is 3.11. The number of carbonyl (C=O) groups excluding carboxylic acids is 2. The second-order valence-corrected chi connectivity index (χ2v) is 5.84. The van der Waals surface area contributed by atoms with Crippen molar-refractivity contribution in [2.45, 2.75) is 18.9 Å². The molecule has 0 aromatic heterocycles. The molecular formula is C18H16ClF2NO3. The van der Waals surface area contributed by atoms with E-state index in [4.69, 9.17) is 16.3 Å². The highest BCUT2D eigenvalue weighted by Gasteiger charge is 2.22. The highest BCUT2D eigenvalue weighted by molar-refractivity contribution is 6.30. The summed E-state index contributed by atoms with van der Waals surface area (Å²) >= 11 is 5.82. The summed E-state index contributed by atoms with van der Waals surface area (Å²) in [5.74, 6) is -3.13. The van der Waals surface area contributed by atoms with Gasteiger partial charge in [0.2, 0.25) is 5.91 Å². The third-order valence-electron chi connectivity index (χ3n) is 3.52. The lowest BCUT2D eigenvalue weighted by Gasteiger charge is -2.17. The van der Waals surface area contributed by atoms with Gasteiger partial charge in [-0.15, -0.1) is 0 Å². The molecule has 0 bridgehead atoms. The summed E-state index contributed by atoms with van der Waals surface area (Å²) in [6.45, 7) is 0. The Kier molecular flexibility index (Phi) is 6.47. The SMILES string of the molecule is COC(=O)[C@H](Cc1ccc(Cl)cc1)NC(=O)Cc1ccc(F)c(F)c1. The molecular weight excluding hydrogens is 352 g/mol. The van der Waals surface area contributed by atoms with Crippen molar-refractivity contribution >= 4 is 23.5 Å². The largest absolute Gasteiger partial charge is 0.467 e. The van der Waals surface area contributed by atoms with E-state index >= 15 is 0 Å². The van der Waals surface area contributed by atoms with Crippen LogP contribution in [-0.4, -0.2) is 25.0 Å². The van der Waals surface area contributed by atoms with Crippen molar-refractivity contribution in [3.8, 4) is 0 Å². The molecule has 2 rings (SSSR count). The standard InChI is InChI=1S/C18H16ClF2NO3/c1-25-18(24)16(9-11-2-5-13(19)6-3-11)22-17(23)10-12-4-7-14(20)15(21)8-12/h2-8,16H,9-10H2,1H3,(H,22,23)/t16-/m0/s1. The lowest BCUT2D eigenvalue weighted by Crippen LogP contribution is -2.43. The lowest BCUT2D eigenvalue weighted by molar-refractivity contribution is -0.145. The summed E-state index contributed by atoms with van der Waals surface area (Å²) in [4.78, 5) is 24.0. The Morgan fingerprint density at radius 1 is 1.08 bits per heavy atom. The third-order valence-corrected chi connectivity index (χ3v) is 3.77. The maximum Gasteiger partial charge on any atom is 0.328 e. The molecule has 0 fully saturated rings. The van der Waals surface area contributed by atoms with Gasteiger partial charge in [0.15, 0.2) is 11.6 Å². The Labute approximate surface area is 148 Å². The van der Waals surface area contributed by atoms with Gasteiger partial charge in [0.05, 0.1) is 13.5 Å². The summed E-state index contributed by atoms with van der Waals surface area (Å²) < 4.78 is 30.8. The predicted octanol–water partition coefficient (Wildman–Crippen LogP) is 3.06. The van der Waals surface area contributed by atoms with Crippen LogP contribution in [-0.2, 0) is 27.2 Å². The van der Waals surface area contributed by atoms with Crippen LogP contribution in [0.25, 0.3) is 0 Å². The van der Waals surface area contributed by atoms with Crippen LogP contribution in [0, 0.1) is 11.6 Å². The molecule has 0 saturated heterocycles. The first-order valence-corrected chi connectivity index (χ1v) is 7.82. The molecule has 0 spiro atoms. The van der Waals surface area contributed by atoms with E-state index in [1.54, 1.807) is 24.3 Å². The van der Waals surface area contributed by atoms with Crippen molar-refractivity contribution < 1.29 is 23.1 Å². The van der Waals surface area contributed by atoms with E-state index in [2.05, 4.69) is 5.32 Å². The van der Waals surface area contributed by atoms with E-state index in [9.17, 15) is 18.4 Å². The van der Waals surface area contributed by atoms with Crippen LogP contribution in [0.5, 0.6) is 0 Å². The zero-order valence-corrected chi connectivity index (χ0v) is 14.1. The van der Waals surface area contributed by atoms with Gasteiger partial charge < -0.3 is 10.1 Å². The highest BCUT2D eigenvalue weighted by atomic mass is 35.5. The van der Waals surface area contributed by atoms with E-state index in [0.29, 0.717) is 10.6 Å². The molecule has 1 atom stereocenters. The second-order valence-electron chi connectivity index (χ2n) is 5.40. The molecule has 132 valence electrons. The molecule has 0 aliphatic carbocycles. The average Bonchev–Trinajstić information content (AvgIpc) is 2.58. The Hall–Kier alpha value is -2.47. The van der Waals surface area contributed by atoms with Crippen molar-refractivity contribution in [1.82, 2.24) is 5.32 Å². The molecule has 4 nitrogen and oxygen atoms in total. The first-order chi connectivity index (χ1) is 11.9. The van der Waals surface area contributed by atoms with Gasteiger partial charge in [0, 0.05) is 11.4 Å². The highest BCUT2D eigenvalue weighted by Crippen LogP contribution is 2.12. The fraction of sp³-hybridized carbons (Fsp3) is 0.222. The molecule has 0 aliphatic heterocycles. The molecule has 0 heterocycles. The van der Waals surface area contributed by atoms with Crippen molar-refractivity contribution in [3.05, 3.63) is 70.2 Å². The van der Waals surface area contributed by atoms with Crippen LogP contribution in [0.15, 0.2) is 42.5 Å². The maximum absolute atomic E-state index is 13.2. The van der Waals surface area contributed by atoms with Gasteiger partial charge in [-0.05, 0) is 35.4 Å². The molecule has 0 saturated carbocycles. The third kappa shape index (κ3) is 5.53. The lowest BCUT2D eigenvalue weighted by atomic mass is 10.1. The maximum atomic E-state index is 13.2. The average molecular weight is 368 g/mol. The molecule has 7 heteroatoms. The van der Waals surface area contributed by atoms with Gasteiger partial charge in [-0.2, -0.15) is 0 Å². The van der Waals surface area contributed by atoms with Gasteiger partial charge >= 0.3 is 5.97 Å². The van der Waals surface area contributed by atoms with Crippen LogP contribution in [0.3, 0.4) is 0 Å². The number of esters is 1. The van der Waals surface area contributed by atoms with Crippen molar-refractivity contribution in [2.75, 3.05) is 7.11 Å². The number of methoxy groups -OCH3 is 1. The van der Waals surface area contributed by atoms with Crippen molar-refractivity contribution in [1.29, 1.82) is 0 Å². The molecule has 0 unspecified atom stereocenters. The van der Waals surface area contributed by atoms with E-state index in [1.165, 1.54) is 13.2 Å². The van der Waals surface area contributed by atoms with Crippen LogP contribution >= 0.6 is 11.6 Å². The van der Waals surface area contributed by atoms with Gasteiger partial charge in [0.1, 0.15) is 6.04 Å². The number of hydrogen-bond donors (Lipinski definition) is 1. The molecule has 1 amide bonds. The van der Waals surface area contributed by atoms with Crippen LogP contribution < -0.4 is 5.32 Å². The molecule has 2 aromatic carbocycles. The Morgan fingerprint density at radius 3 is 2.32 bits per heavy atom. The first-order valence-electron chi connectivity index (χ1n) is 7.44. The normalized spacial score (nSPS) is 11.7. The second kappa shape index (κ2) is 8.58. The van der Waals surface area contributed by atoms with Gasteiger partial charge in [-0.25, -0.2) is 13.6 Å². The number of benzene rings is 2. The summed E-state index contributed by atoms with van der Waals surface area (Å²) in [6, 6.07) is 9.13. The van der Waals surface area contributed by atoms with E-state index < -0.39 is 29.6 Å². The minimum atomic E-state index is -1.03. The van der Waals surface area contributed by atoms with E-state index in [-0.39, 0.29) is 12.8 Å². The van der Waals surface area contributed by atoms with E-state index in [1.807, 2.05) is 0 Å². The Balaban J connectivity index is 2.05. The molecule has 2 aromatic rings.